The van der Waals surface area contributed by atoms with Crippen LogP contribution >= 0.6 is 11.6 Å². The van der Waals surface area contributed by atoms with Crippen molar-refractivity contribution in [2.24, 2.45) is 5.92 Å². The van der Waals surface area contributed by atoms with Crippen LogP contribution in [0.4, 0.5) is 0 Å². The highest BCUT2D eigenvalue weighted by Gasteiger charge is 2.31. The Morgan fingerprint density at radius 2 is 1.71 bits per heavy atom. The normalized spacial score (nSPS) is 17.0. The number of likely N-dealkylation sites (tertiary alicyclic amines) is 1. The quantitative estimate of drug-likeness (QED) is 0.556. The predicted octanol–water partition coefficient (Wildman–Crippen LogP) is 3.89. The number of hydrogen-bond donors (Lipinski definition) is 0. The van der Waals surface area contributed by atoms with Gasteiger partial charge in [0.15, 0.2) is 21.5 Å². The number of aromatic nitrogens is 4. The molecule has 9 heteroatoms. The second-order valence-corrected chi connectivity index (χ2v) is 10.7. The summed E-state index contributed by atoms with van der Waals surface area (Å²) in [6, 6.07) is 14.2. The topological polar surface area (TPSA) is 81.0 Å². The van der Waals surface area contributed by atoms with Gasteiger partial charge in [0.05, 0.1) is 10.9 Å². The van der Waals surface area contributed by atoms with Gasteiger partial charge in [0.2, 0.25) is 0 Å². The maximum atomic E-state index is 13.0. The van der Waals surface area contributed by atoms with Crippen molar-refractivity contribution in [3.8, 4) is 0 Å². The van der Waals surface area contributed by atoms with E-state index in [-0.39, 0.29) is 16.8 Å². The molecule has 1 unspecified atom stereocenters. The molecular weight excluding hydrogens is 434 g/mol. The molecule has 1 saturated heterocycles. The van der Waals surface area contributed by atoms with Gasteiger partial charge in [-0.15, -0.1) is 5.10 Å². The fourth-order valence-corrected chi connectivity index (χ4v) is 5.27. The average Bonchev–Trinajstić information content (AvgIpc) is 3.18. The molecule has 3 aromatic rings. The molecule has 7 nitrogen and oxygen atoms in total. The zero-order chi connectivity index (χ0) is 22.0. The van der Waals surface area contributed by atoms with E-state index < -0.39 is 9.84 Å². The van der Waals surface area contributed by atoms with Crippen LogP contribution in [0.3, 0.4) is 0 Å². The van der Waals surface area contributed by atoms with Gasteiger partial charge in [0.1, 0.15) is 0 Å². The van der Waals surface area contributed by atoms with E-state index in [1.54, 1.807) is 24.3 Å². The van der Waals surface area contributed by atoms with Crippen LogP contribution < -0.4 is 0 Å². The number of nitrogens with zero attached hydrogens (tertiary/aromatic N) is 5. The summed E-state index contributed by atoms with van der Waals surface area (Å²) in [7, 11) is -3.60. The number of benzene rings is 2. The molecule has 2 heterocycles. The van der Waals surface area contributed by atoms with Crippen LogP contribution in [-0.4, -0.2) is 46.6 Å². The van der Waals surface area contributed by atoms with E-state index in [4.69, 9.17) is 11.6 Å². The van der Waals surface area contributed by atoms with Crippen molar-refractivity contribution in [1.82, 2.24) is 25.1 Å². The Balaban J connectivity index is 1.69. The lowest BCUT2D eigenvalue weighted by atomic mass is 9.95. The molecule has 1 aliphatic rings. The third-order valence-electron chi connectivity index (χ3n) is 5.85. The van der Waals surface area contributed by atoms with E-state index in [9.17, 15) is 8.42 Å². The number of sulfone groups is 1. The van der Waals surface area contributed by atoms with Gasteiger partial charge in [-0.05, 0) is 79.0 Å². The van der Waals surface area contributed by atoms with Gasteiger partial charge in [0, 0.05) is 5.02 Å². The lowest BCUT2D eigenvalue weighted by Crippen LogP contribution is -2.38. The van der Waals surface area contributed by atoms with Crippen LogP contribution in [0.25, 0.3) is 0 Å². The molecule has 2 aromatic carbocycles. The smallest absolute Gasteiger partial charge is 0.198 e. The van der Waals surface area contributed by atoms with Crippen LogP contribution in [0.2, 0.25) is 5.02 Å². The van der Waals surface area contributed by atoms with Crippen molar-refractivity contribution in [3.05, 3.63) is 70.5 Å². The van der Waals surface area contributed by atoms with Gasteiger partial charge >= 0.3 is 0 Å². The Bertz CT molecular complexity index is 1120. The van der Waals surface area contributed by atoms with Crippen molar-refractivity contribution in [1.29, 1.82) is 0 Å². The first kappa shape index (κ1) is 21.9. The Morgan fingerprint density at radius 3 is 2.35 bits per heavy atom. The van der Waals surface area contributed by atoms with Gasteiger partial charge in [-0.25, -0.2) is 13.1 Å². The molecule has 1 atom stereocenters. The number of aryl methyl sites for hydroxylation is 1. The summed E-state index contributed by atoms with van der Waals surface area (Å²) < 4.78 is 27.5. The minimum atomic E-state index is -3.60. The molecule has 31 heavy (non-hydrogen) atoms. The summed E-state index contributed by atoms with van der Waals surface area (Å²) in [6.07, 6.45) is 2.15. The Hall–Kier alpha value is -2.29. The SMILES string of the molecule is Cc1ccc(S(=O)(=O)Cn2nnnc2C(c2ccc(Cl)cc2)N2CCC(C)CC2)cc1. The van der Waals surface area contributed by atoms with Crippen molar-refractivity contribution in [2.75, 3.05) is 13.1 Å². The fourth-order valence-electron chi connectivity index (χ4n) is 3.94. The maximum Gasteiger partial charge on any atom is 0.198 e. The standard InChI is InChI=1S/C22H26ClN5O2S/c1-16-3-9-20(10-4-16)31(29,30)15-28-22(24-25-26-28)21(18-5-7-19(23)8-6-18)27-13-11-17(2)12-14-27/h3-10,17,21H,11-15H2,1-2H3. The molecule has 1 aromatic heterocycles. The number of tetrazole rings is 1. The summed E-state index contributed by atoms with van der Waals surface area (Å²) >= 11 is 6.11. The second kappa shape index (κ2) is 9.06. The van der Waals surface area contributed by atoms with Crippen molar-refractivity contribution < 1.29 is 8.42 Å². The molecular formula is C22H26ClN5O2S. The first-order valence-electron chi connectivity index (χ1n) is 10.4. The zero-order valence-corrected chi connectivity index (χ0v) is 19.2. The minimum Gasteiger partial charge on any atom is -0.290 e. The van der Waals surface area contributed by atoms with Gasteiger partial charge in [-0.1, -0.05) is 48.4 Å². The van der Waals surface area contributed by atoms with E-state index >= 15 is 0 Å². The Kier molecular flexibility index (Phi) is 6.41. The molecule has 0 amide bonds. The monoisotopic (exact) mass is 459 g/mol. The van der Waals surface area contributed by atoms with Crippen molar-refractivity contribution in [2.45, 2.75) is 43.5 Å². The van der Waals surface area contributed by atoms with E-state index in [1.807, 2.05) is 31.2 Å². The van der Waals surface area contributed by atoms with Gasteiger partial charge in [0.25, 0.3) is 0 Å². The zero-order valence-electron chi connectivity index (χ0n) is 17.6. The predicted molar refractivity (Wildman–Crippen MR) is 119 cm³/mol. The molecule has 0 saturated carbocycles. The summed E-state index contributed by atoms with van der Waals surface area (Å²) in [4.78, 5) is 2.58. The molecule has 0 radical (unpaired) electrons. The maximum absolute atomic E-state index is 13.0. The number of piperidine rings is 1. The second-order valence-electron chi connectivity index (χ2n) is 8.27. The largest absolute Gasteiger partial charge is 0.290 e. The first-order valence-corrected chi connectivity index (χ1v) is 12.4. The summed E-state index contributed by atoms with van der Waals surface area (Å²) in [5.74, 6) is 0.875. The summed E-state index contributed by atoms with van der Waals surface area (Å²) in [5.41, 5.74) is 1.99. The van der Waals surface area contributed by atoms with Gasteiger partial charge < -0.3 is 0 Å². The molecule has 1 fully saturated rings. The average molecular weight is 460 g/mol. The van der Waals surface area contributed by atoms with Crippen molar-refractivity contribution >= 4 is 21.4 Å². The van der Waals surface area contributed by atoms with Crippen LogP contribution in [0.15, 0.2) is 53.4 Å². The number of halogens is 1. The van der Waals surface area contributed by atoms with Crippen molar-refractivity contribution in [3.63, 3.8) is 0 Å². The highest BCUT2D eigenvalue weighted by Crippen LogP contribution is 2.32. The minimum absolute atomic E-state index is 0.243. The molecule has 0 bridgehead atoms. The molecule has 1 aliphatic heterocycles. The Labute approximate surface area is 187 Å². The highest BCUT2D eigenvalue weighted by molar-refractivity contribution is 7.90. The molecule has 0 N–H and O–H groups in total. The van der Waals surface area contributed by atoms with E-state index in [0.29, 0.717) is 16.8 Å². The van der Waals surface area contributed by atoms with Crippen LogP contribution in [0.1, 0.15) is 42.8 Å². The third-order valence-corrected chi connectivity index (χ3v) is 7.67. The lowest BCUT2D eigenvalue weighted by molar-refractivity contribution is 0.150. The van der Waals surface area contributed by atoms with Crippen LogP contribution in [-0.2, 0) is 15.7 Å². The molecule has 4 rings (SSSR count). The van der Waals surface area contributed by atoms with E-state index in [1.165, 1.54) is 4.68 Å². The fraction of sp³-hybridized carbons (Fsp3) is 0.409. The number of rotatable bonds is 6. The Morgan fingerprint density at radius 1 is 1.06 bits per heavy atom. The number of hydrogen-bond acceptors (Lipinski definition) is 6. The van der Waals surface area contributed by atoms with Crippen LogP contribution in [0, 0.1) is 12.8 Å². The molecule has 0 spiro atoms. The lowest BCUT2D eigenvalue weighted by Gasteiger charge is -2.36. The van der Waals surface area contributed by atoms with Crippen LogP contribution in [0.5, 0.6) is 0 Å². The summed E-state index contributed by atoms with van der Waals surface area (Å²) in [5, 5.41) is 12.8. The van der Waals surface area contributed by atoms with Gasteiger partial charge in [-0.3, -0.25) is 4.90 Å². The first-order chi connectivity index (χ1) is 14.8. The molecule has 164 valence electrons. The highest BCUT2D eigenvalue weighted by atomic mass is 35.5. The van der Waals surface area contributed by atoms with Gasteiger partial charge in [-0.2, -0.15) is 0 Å². The van der Waals surface area contributed by atoms with E-state index in [0.717, 1.165) is 37.1 Å². The summed E-state index contributed by atoms with van der Waals surface area (Å²) in [6.45, 7) is 5.97. The third kappa shape index (κ3) is 4.97. The van der Waals surface area contributed by atoms with E-state index in [2.05, 4.69) is 27.3 Å². The molecule has 0 aliphatic carbocycles.